The molecule has 1 saturated heterocycles. The van der Waals surface area contributed by atoms with Crippen molar-refractivity contribution in [3.8, 4) is 0 Å². The van der Waals surface area contributed by atoms with Gasteiger partial charge in [-0.1, -0.05) is 19.8 Å². The lowest BCUT2D eigenvalue weighted by Crippen LogP contribution is -2.35. The molecule has 2 nitrogen and oxygen atoms in total. The fourth-order valence-corrected chi connectivity index (χ4v) is 2.30. The molecule has 0 amide bonds. The molecule has 3 heteroatoms. The fraction of sp³-hybridized carbons (Fsp3) is 1.00. The minimum Gasteiger partial charge on any atom is -0.381 e. The van der Waals surface area contributed by atoms with Crippen LogP contribution in [-0.2, 0) is 9.47 Å². The molecule has 0 saturated carbocycles. The average Bonchev–Trinajstić information content (AvgIpc) is 2.30. The standard InChI is InChI=1S/C12H24O2S/c1-2-3-4-7-14-10-12(11-15)5-8-13-9-6-12/h15H,2-11H2,1H3. The molecule has 0 N–H and O–H groups in total. The second kappa shape index (κ2) is 7.53. The van der Waals surface area contributed by atoms with Gasteiger partial charge in [-0.05, 0) is 25.0 Å². The van der Waals surface area contributed by atoms with Gasteiger partial charge in [0.15, 0.2) is 0 Å². The highest BCUT2D eigenvalue weighted by Crippen LogP contribution is 2.32. The van der Waals surface area contributed by atoms with Crippen LogP contribution in [0.5, 0.6) is 0 Å². The second-order valence-corrected chi connectivity index (χ2v) is 4.85. The lowest BCUT2D eigenvalue weighted by molar-refractivity contribution is -0.0276. The van der Waals surface area contributed by atoms with Crippen molar-refractivity contribution in [2.24, 2.45) is 5.41 Å². The first-order valence-corrected chi connectivity index (χ1v) is 6.72. The van der Waals surface area contributed by atoms with Crippen LogP contribution in [0.4, 0.5) is 0 Å². The first-order valence-electron chi connectivity index (χ1n) is 6.09. The van der Waals surface area contributed by atoms with Crippen LogP contribution < -0.4 is 0 Å². The van der Waals surface area contributed by atoms with E-state index in [0.717, 1.165) is 45.0 Å². The third-order valence-electron chi connectivity index (χ3n) is 3.19. The van der Waals surface area contributed by atoms with Gasteiger partial charge in [0, 0.05) is 25.2 Å². The first kappa shape index (κ1) is 13.3. The summed E-state index contributed by atoms with van der Waals surface area (Å²) in [5, 5.41) is 0. The molecule has 1 aliphatic heterocycles. The van der Waals surface area contributed by atoms with Gasteiger partial charge in [-0.15, -0.1) is 0 Å². The van der Waals surface area contributed by atoms with Crippen molar-refractivity contribution in [2.45, 2.75) is 39.0 Å². The van der Waals surface area contributed by atoms with Crippen LogP contribution in [0, 0.1) is 5.41 Å². The topological polar surface area (TPSA) is 18.5 Å². The Hall–Kier alpha value is 0.270. The van der Waals surface area contributed by atoms with Crippen LogP contribution in [0.2, 0.25) is 0 Å². The van der Waals surface area contributed by atoms with Gasteiger partial charge in [0.25, 0.3) is 0 Å². The highest BCUT2D eigenvalue weighted by molar-refractivity contribution is 7.80. The van der Waals surface area contributed by atoms with Crippen molar-refractivity contribution in [2.75, 3.05) is 32.2 Å². The SMILES string of the molecule is CCCCCOCC1(CS)CCOCC1. The third kappa shape index (κ3) is 4.75. The Bertz CT molecular complexity index is 156. The van der Waals surface area contributed by atoms with Crippen molar-refractivity contribution in [3.05, 3.63) is 0 Å². The van der Waals surface area contributed by atoms with Gasteiger partial charge in [-0.25, -0.2) is 0 Å². The summed E-state index contributed by atoms with van der Waals surface area (Å²) in [5.41, 5.74) is 0.285. The van der Waals surface area contributed by atoms with E-state index in [2.05, 4.69) is 19.6 Å². The summed E-state index contributed by atoms with van der Waals surface area (Å²) in [6, 6.07) is 0. The monoisotopic (exact) mass is 232 g/mol. The molecule has 0 spiro atoms. The Morgan fingerprint density at radius 2 is 2.00 bits per heavy atom. The van der Waals surface area contributed by atoms with Gasteiger partial charge < -0.3 is 9.47 Å². The van der Waals surface area contributed by atoms with E-state index >= 15 is 0 Å². The molecule has 0 aliphatic carbocycles. The van der Waals surface area contributed by atoms with E-state index in [-0.39, 0.29) is 5.41 Å². The number of ether oxygens (including phenoxy) is 2. The lowest BCUT2D eigenvalue weighted by Gasteiger charge is -2.35. The zero-order chi connectivity index (χ0) is 11.0. The molecule has 0 bridgehead atoms. The first-order chi connectivity index (χ1) is 7.33. The molecule has 1 heterocycles. The van der Waals surface area contributed by atoms with Crippen molar-refractivity contribution in [1.29, 1.82) is 0 Å². The maximum Gasteiger partial charge on any atom is 0.0531 e. The molecule has 1 fully saturated rings. The number of rotatable bonds is 7. The molecular weight excluding hydrogens is 208 g/mol. The van der Waals surface area contributed by atoms with E-state index in [1.54, 1.807) is 0 Å². The highest BCUT2D eigenvalue weighted by atomic mass is 32.1. The molecule has 1 aliphatic rings. The summed E-state index contributed by atoms with van der Waals surface area (Å²) >= 11 is 4.46. The van der Waals surface area contributed by atoms with Crippen LogP contribution in [0.25, 0.3) is 0 Å². The van der Waals surface area contributed by atoms with E-state index in [4.69, 9.17) is 9.47 Å². The largest absolute Gasteiger partial charge is 0.381 e. The Morgan fingerprint density at radius 3 is 2.60 bits per heavy atom. The van der Waals surface area contributed by atoms with E-state index in [1.165, 1.54) is 19.3 Å². The molecule has 0 aromatic rings. The predicted molar refractivity (Wildman–Crippen MR) is 66.7 cm³/mol. The van der Waals surface area contributed by atoms with E-state index in [9.17, 15) is 0 Å². The van der Waals surface area contributed by atoms with Crippen LogP contribution in [0.1, 0.15) is 39.0 Å². The van der Waals surface area contributed by atoms with E-state index < -0.39 is 0 Å². The third-order valence-corrected chi connectivity index (χ3v) is 3.86. The van der Waals surface area contributed by atoms with Crippen LogP contribution in [-0.4, -0.2) is 32.2 Å². The quantitative estimate of drug-likeness (QED) is 0.537. The molecule has 0 aromatic heterocycles. The molecule has 0 aromatic carbocycles. The summed E-state index contributed by atoms with van der Waals surface area (Å²) in [4.78, 5) is 0. The van der Waals surface area contributed by atoms with Crippen molar-refractivity contribution >= 4 is 12.6 Å². The van der Waals surface area contributed by atoms with Gasteiger partial charge in [-0.2, -0.15) is 12.6 Å². The van der Waals surface area contributed by atoms with Crippen molar-refractivity contribution in [1.82, 2.24) is 0 Å². The lowest BCUT2D eigenvalue weighted by atomic mass is 9.83. The number of thiol groups is 1. The second-order valence-electron chi connectivity index (χ2n) is 4.53. The molecule has 0 radical (unpaired) electrons. The summed E-state index contributed by atoms with van der Waals surface area (Å²) in [7, 11) is 0. The minimum atomic E-state index is 0.285. The highest BCUT2D eigenvalue weighted by Gasteiger charge is 2.31. The summed E-state index contributed by atoms with van der Waals surface area (Å²) < 4.78 is 11.1. The number of hydrogen-bond acceptors (Lipinski definition) is 3. The molecule has 0 atom stereocenters. The molecule has 0 unspecified atom stereocenters. The Morgan fingerprint density at radius 1 is 1.27 bits per heavy atom. The zero-order valence-corrected chi connectivity index (χ0v) is 10.7. The van der Waals surface area contributed by atoms with Crippen LogP contribution >= 0.6 is 12.6 Å². The van der Waals surface area contributed by atoms with Gasteiger partial charge >= 0.3 is 0 Å². The van der Waals surface area contributed by atoms with Crippen LogP contribution in [0.3, 0.4) is 0 Å². The minimum absolute atomic E-state index is 0.285. The summed E-state index contributed by atoms with van der Waals surface area (Å²) in [5.74, 6) is 0.921. The average molecular weight is 232 g/mol. The number of unbranched alkanes of at least 4 members (excludes halogenated alkanes) is 2. The predicted octanol–water partition coefficient (Wildman–Crippen LogP) is 2.92. The van der Waals surface area contributed by atoms with Gasteiger partial charge in [0.2, 0.25) is 0 Å². The zero-order valence-electron chi connectivity index (χ0n) is 9.83. The van der Waals surface area contributed by atoms with Gasteiger partial charge in [0.1, 0.15) is 0 Å². The van der Waals surface area contributed by atoms with E-state index in [0.29, 0.717) is 0 Å². The van der Waals surface area contributed by atoms with Gasteiger partial charge in [0.05, 0.1) is 6.61 Å². The van der Waals surface area contributed by atoms with E-state index in [1.807, 2.05) is 0 Å². The molecule has 90 valence electrons. The Labute approximate surface area is 99.1 Å². The fourth-order valence-electron chi connectivity index (χ4n) is 1.90. The van der Waals surface area contributed by atoms with Crippen molar-refractivity contribution < 1.29 is 9.47 Å². The Kier molecular flexibility index (Phi) is 6.69. The van der Waals surface area contributed by atoms with Gasteiger partial charge in [-0.3, -0.25) is 0 Å². The summed E-state index contributed by atoms with van der Waals surface area (Å²) in [6.45, 7) is 5.74. The maximum absolute atomic E-state index is 5.76. The van der Waals surface area contributed by atoms with Crippen molar-refractivity contribution in [3.63, 3.8) is 0 Å². The smallest absolute Gasteiger partial charge is 0.0531 e. The molecule has 15 heavy (non-hydrogen) atoms. The van der Waals surface area contributed by atoms with Crippen LogP contribution in [0.15, 0.2) is 0 Å². The summed E-state index contributed by atoms with van der Waals surface area (Å²) in [6.07, 6.45) is 5.93. The number of hydrogen-bond donors (Lipinski definition) is 1. The maximum atomic E-state index is 5.76. The normalized spacial score (nSPS) is 20.4. The molecule has 1 rings (SSSR count). The molecular formula is C12H24O2S. The Balaban J connectivity index is 2.15.